The molecule has 1 rings (SSSR count). The van der Waals surface area contributed by atoms with Crippen molar-refractivity contribution in [1.82, 2.24) is 10.6 Å². The number of benzene rings is 1. The molecule has 1 aromatic rings. The molecule has 0 fully saturated rings. The van der Waals surface area contributed by atoms with E-state index in [1.165, 1.54) is 0 Å². The average molecular weight is 673 g/mol. The van der Waals surface area contributed by atoms with E-state index in [9.17, 15) is 9.59 Å². The molecule has 0 aliphatic heterocycles. The molecular weight excluding hydrogens is 655 g/mol. The summed E-state index contributed by atoms with van der Waals surface area (Å²) in [5.41, 5.74) is 7.03. The zero-order chi connectivity index (χ0) is 18.6. The Morgan fingerprint density at radius 1 is 0.917 bits per heavy atom. The first-order chi connectivity index (χ1) is 11.1. The summed E-state index contributed by atoms with van der Waals surface area (Å²) in [6.07, 6.45) is 0. The van der Waals surface area contributed by atoms with Gasteiger partial charge in [-0.15, -0.1) is 0 Å². The first-order valence-corrected chi connectivity index (χ1v) is 10.2. The van der Waals surface area contributed by atoms with Crippen molar-refractivity contribution in [1.29, 1.82) is 0 Å². The summed E-state index contributed by atoms with van der Waals surface area (Å²) in [6.45, 7) is 2.95. The number of aliphatic hydroxyl groups excluding tert-OH is 2. The molecule has 1 aromatic carbocycles. The van der Waals surface area contributed by atoms with Crippen LogP contribution < -0.4 is 16.4 Å². The minimum atomic E-state index is -0.420. The third-order valence-corrected chi connectivity index (χ3v) is 6.43. The van der Waals surface area contributed by atoms with E-state index in [0.29, 0.717) is 27.5 Å². The minimum absolute atomic E-state index is 0.194. The largest absolute Gasteiger partial charge is 0.397 e. The SMILES string of the molecule is CC(CO)NC(=O)c1c(I)c(N)c(I)c(C(=O)NC(C)CO)c1I. The number of nitrogens with one attached hydrogen (secondary N) is 2. The predicted molar refractivity (Wildman–Crippen MR) is 117 cm³/mol. The van der Waals surface area contributed by atoms with Gasteiger partial charge in [-0.1, -0.05) is 0 Å². The Bertz CT molecular complexity index is 604. The van der Waals surface area contributed by atoms with Gasteiger partial charge >= 0.3 is 0 Å². The molecule has 2 amide bonds. The molecule has 10 heteroatoms. The highest BCUT2D eigenvalue weighted by molar-refractivity contribution is 14.1. The van der Waals surface area contributed by atoms with Gasteiger partial charge in [-0.25, -0.2) is 0 Å². The molecule has 6 N–H and O–H groups in total. The van der Waals surface area contributed by atoms with Crippen molar-refractivity contribution >= 4 is 85.3 Å². The van der Waals surface area contributed by atoms with Gasteiger partial charge in [0.2, 0.25) is 0 Å². The number of amides is 2. The third-order valence-electron chi connectivity index (χ3n) is 3.11. The smallest absolute Gasteiger partial charge is 0.253 e. The highest BCUT2D eigenvalue weighted by Crippen LogP contribution is 2.33. The summed E-state index contributed by atoms with van der Waals surface area (Å²) < 4.78 is 1.58. The van der Waals surface area contributed by atoms with Gasteiger partial charge in [-0.05, 0) is 81.6 Å². The number of rotatable bonds is 6. The normalized spacial score (nSPS) is 13.3. The molecule has 0 bridgehead atoms. The topological polar surface area (TPSA) is 125 Å². The second-order valence-corrected chi connectivity index (χ2v) is 8.46. The maximum Gasteiger partial charge on any atom is 0.253 e. The van der Waals surface area contributed by atoms with Crippen molar-refractivity contribution < 1.29 is 19.8 Å². The zero-order valence-electron chi connectivity index (χ0n) is 13.0. The summed E-state index contributed by atoms with van der Waals surface area (Å²) >= 11 is 5.89. The molecule has 2 atom stereocenters. The minimum Gasteiger partial charge on any atom is -0.397 e. The van der Waals surface area contributed by atoms with E-state index in [-0.39, 0.29) is 13.2 Å². The molecule has 0 spiro atoms. The van der Waals surface area contributed by atoms with Crippen molar-refractivity contribution in [2.24, 2.45) is 0 Å². The van der Waals surface area contributed by atoms with Crippen molar-refractivity contribution in [3.05, 3.63) is 21.8 Å². The number of hydrogen-bond donors (Lipinski definition) is 5. The van der Waals surface area contributed by atoms with Crippen LogP contribution >= 0.6 is 67.8 Å². The number of nitrogen functional groups attached to an aromatic ring is 1. The molecule has 0 aromatic heterocycles. The molecule has 0 saturated carbocycles. The van der Waals surface area contributed by atoms with E-state index >= 15 is 0 Å². The van der Waals surface area contributed by atoms with Crippen LogP contribution in [0.1, 0.15) is 34.6 Å². The maximum atomic E-state index is 12.5. The lowest BCUT2D eigenvalue weighted by molar-refractivity contribution is 0.0919. The molecule has 0 radical (unpaired) electrons. The van der Waals surface area contributed by atoms with Gasteiger partial charge in [0.05, 0.1) is 37.2 Å². The van der Waals surface area contributed by atoms with Crippen molar-refractivity contribution in [3.8, 4) is 0 Å². The van der Waals surface area contributed by atoms with Crippen LogP contribution in [0.4, 0.5) is 5.69 Å². The molecule has 0 saturated heterocycles. The predicted octanol–water partition coefficient (Wildman–Crippen LogP) is 1.30. The summed E-state index contributed by atoms with van der Waals surface area (Å²) in [5.74, 6) is -0.810. The van der Waals surface area contributed by atoms with E-state index in [4.69, 9.17) is 15.9 Å². The molecule has 134 valence electrons. The van der Waals surface area contributed by atoms with Crippen LogP contribution in [0, 0.1) is 10.7 Å². The summed E-state index contributed by atoms with van der Waals surface area (Å²) in [4.78, 5) is 25.0. The second-order valence-electron chi connectivity index (χ2n) is 5.22. The Balaban J connectivity index is 3.42. The van der Waals surface area contributed by atoms with Crippen LogP contribution in [0.5, 0.6) is 0 Å². The van der Waals surface area contributed by atoms with Gasteiger partial charge in [0.25, 0.3) is 11.8 Å². The fraction of sp³-hybridized carbons (Fsp3) is 0.429. The summed E-state index contributed by atoms with van der Waals surface area (Å²) in [5, 5.41) is 23.5. The molecule has 24 heavy (non-hydrogen) atoms. The molecule has 2 unspecified atom stereocenters. The van der Waals surface area contributed by atoms with Crippen LogP contribution in [0.2, 0.25) is 0 Å². The van der Waals surface area contributed by atoms with Crippen molar-refractivity contribution in [3.63, 3.8) is 0 Å². The van der Waals surface area contributed by atoms with Gasteiger partial charge in [-0.2, -0.15) is 0 Å². The van der Waals surface area contributed by atoms with E-state index in [0.717, 1.165) is 0 Å². The fourth-order valence-corrected chi connectivity index (χ4v) is 5.91. The van der Waals surface area contributed by atoms with Gasteiger partial charge in [0.15, 0.2) is 0 Å². The van der Waals surface area contributed by atoms with Gasteiger partial charge in [0, 0.05) is 15.7 Å². The van der Waals surface area contributed by atoms with Gasteiger partial charge in [0.1, 0.15) is 0 Å². The zero-order valence-corrected chi connectivity index (χ0v) is 19.5. The van der Waals surface area contributed by atoms with Gasteiger partial charge < -0.3 is 26.6 Å². The van der Waals surface area contributed by atoms with Crippen LogP contribution in [-0.2, 0) is 0 Å². The lowest BCUT2D eigenvalue weighted by Crippen LogP contribution is -2.38. The number of carbonyl (C=O) groups is 2. The third kappa shape index (κ3) is 5.04. The number of hydrogen-bond acceptors (Lipinski definition) is 5. The highest BCUT2D eigenvalue weighted by Gasteiger charge is 2.27. The van der Waals surface area contributed by atoms with E-state index in [1.54, 1.807) is 13.8 Å². The number of aliphatic hydroxyl groups is 2. The lowest BCUT2D eigenvalue weighted by Gasteiger charge is -2.19. The summed E-state index contributed by atoms with van der Waals surface area (Å²) in [7, 11) is 0. The monoisotopic (exact) mass is 673 g/mol. The van der Waals surface area contributed by atoms with Crippen LogP contribution in [0.3, 0.4) is 0 Å². The van der Waals surface area contributed by atoms with Crippen LogP contribution in [0.25, 0.3) is 0 Å². The average Bonchev–Trinajstić information content (AvgIpc) is 2.52. The number of halogens is 3. The highest BCUT2D eigenvalue weighted by atomic mass is 127. The van der Waals surface area contributed by atoms with Crippen molar-refractivity contribution in [2.75, 3.05) is 18.9 Å². The Morgan fingerprint density at radius 3 is 1.54 bits per heavy atom. The molecule has 0 aliphatic carbocycles. The number of carbonyl (C=O) groups excluding carboxylic acids is 2. The first kappa shape index (κ1) is 22.1. The Hall–Kier alpha value is 0.0700. The molecule has 7 nitrogen and oxygen atoms in total. The van der Waals surface area contributed by atoms with E-state index < -0.39 is 23.9 Å². The first-order valence-electron chi connectivity index (χ1n) is 6.94. The van der Waals surface area contributed by atoms with Gasteiger partial charge in [-0.3, -0.25) is 9.59 Å². The van der Waals surface area contributed by atoms with E-state index in [2.05, 4.69) is 10.6 Å². The Kier molecular flexibility index (Phi) is 8.92. The Morgan fingerprint density at radius 2 is 1.25 bits per heavy atom. The molecule has 0 aliphatic rings. The van der Waals surface area contributed by atoms with Crippen LogP contribution in [0.15, 0.2) is 0 Å². The van der Waals surface area contributed by atoms with E-state index in [1.807, 2.05) is 67.8 Å². The number of nitrogens with two attached hydrogens (primary N) is 1. The summed E-state index contributed by atoms with van der Waals surface area (Å²) in [6, 6.07) is -0.840. The van der Waals surface area contributed by atoms with Crippen LogP contribution in [-0.4, -0.2) is 47.3 Å². The molecular formula is C14H18I3N3O4. The van der Waals surface area contributed by atoms with Crippen molar-refractivity contribution in [2.45, 2.75) is 25.9 Å². The lowest BCUT2D eigenvalue weighted by atomic mass is 10.1. The maximum absolute atomic E-state index is 12.5. The fourth-order valence-electron chi connectivity index (χ4n) is 1.77. The number of anilines is 1. The quantitative estimate of drug-likeness (QED) is 0.230. The standard InChI is InChI=1S/C14H18I3N3O4/c1-5(3-21)19-13(23)7-9(15)8(11(17)12(18)10(7)16)14(24)20-6(2)4-22/h5-6,21-22H,3-4,18H2,1-2H3,(H,19,23)(H,20,24). The Labute approximate surface area is 180 Å². The molecule has 0 heterocycles. The second kappa shape index (κ2) is 9.68.